The molecule has 1 aromatic carbocycles. The van der Waals surface area contributed by atoms with E-state index in [1.165, 1.54) is 24.6 Å². The van der Waals surface area contributed by atoms with E-state index in [0.717, 1.165) is 25.9 Å². The maximum absolute atomic E-state index is 13.3. The van der Waals surface area contributed by atoms with Crippen molar-refractivity contribution in [3.8, 4) is 5.75 Å². The van der Waals surface area contributed by atoms with E-state index in [0.29, 0.717) is 5.56 Å². The minimum atomic E-state index is -0.397. The lowest BCUT2D eigenvalue weighted by atomic mass is 10.1. The number of hydrogen-bond donors (Lipinski definition) is 2. The molecule has 2 unspecified atom stereocenters. The van der Waals surface area contributed by atoms with Crippen molar-refractivity contribution in [2.75, 3.05) is 13.1 Å². The third-order valence-electron chi connectivity index (χ3n) is 3.99. The predicted octanol–water partition coefficient (Wildman–Crippen LogP) is 2.58. The molecule has 1 fully saturated rings. The highest BCUT2D eigenvalue weighted by Crippen LogP contribution is 2.25. The van der Waals surface area contributed by atoms with Gasteiger partial charge in [-0.3, -0.25) is 10.1 Å². The summed E-state index contributed by atoms with van der Waals surface area (Å²) < 4.78 is 13.3. The maximum atomic E-state index is 13.3. The Balaban J connectivity index is 1.99. The first-order valence-electron chi connectivity index (χ1n) is 7.52. The van der Waals surface area contributed by atoms with Gasteiger partial charge in [-0.1, -0.05) is 0 Å². The SMILES string of the molecule is CC(NC(C)c1cc(F)ccc1O)C(=O)N1CCCCC1. The Morgan fingerprint density at radius 2 is 1.95 bits per heavy atom. The summed E-state index contributed by atoms with van der Waals surface area (Å²) in [5, 5.41) is 12.9. The molecule has 1 heterocycles. The first-order chi connectivity index (χ1) is 9.99. The fraction of sp³-hybridized carbons (Fsp3) is 0.562. The van der Waals surface area contributed by atoms with Crippen molar-refractivity contribution in [2.45, 2.75) is 45.2 Å². The first-order valence-corrected chi connectivity index (χ1v) is 7.52. The van der Waals surface area contributed by atoms with Crippen LogP contribution in [-0.2, 0) is 4.79 Å². The number of nitrogens with one attached hydrogen (secondary N) is 1. The van der Waals surface area contributed by atoms with Gasteiger partial charge in [0.15, 0.2) is 0 Å². The zero-order valence-corrected chi connectivity index (χ0v) is 12.6. The quantitative estimate of drug-likeness (QED) is 0.897. The summed E-state index contributed by atoms with van der Waals surface area (Å²) in [6.07, 6.45) is 3.29. The summed E-state index contributed by atoms with van der Waals surface area (Å²) in [5.74, 6) is -0.294. The third kappa shape index (κ3) is 3.94. The zero-order valence-electron chi connectivity index (χ0n) is 12.6. The molecular weight excluding hydrogens is 271 g/mol. The Bertz CT molecular complexity index is 501. The monoisotopic (exact) mass is 294 g/mol. The number of piperidine rings is 1. The molecule has 0 radical (unpaired) electrons. The number of carbonyl (C=O) groups is 1. The molecule has 5 heteroatoms. The Kier molecular flexibility index (Phi) is 5.17. The van der Waals surface area contributed by atoms with Crippen molar-refractivity contribution in [1.29, 1.82) is 0 Å². The van der Waals surface area contributed by atoms with Gasteiger partial charge in [-0.2, -0.15) is 0 Å². The molecule has 0 aliphatic carbocycles. The van der Waals surface area contributed by atoms with Crippen molar-refractivity contribution < 1.29 is 14.3 Å². The lowest BCUT2D eigenvalue weighted by Gasteiger charge is -2.30. The van der Waals surface area contributed by atoms with Gasteiger partial charge in [0.05, 0.1) is 6.04 Å². The van der Waals surface area contributed by atoms with E-state index >= 15 is 0 Å². The highest BCUT2D eigenvalue weighted by atomic mass is 19.1. The molecule has 1 amide bonds. The van der Waals surface area contributed by atoms with Crippen molar-refractivity contribution in [2.24, 2.45) is 0 Å². The molecule has 2 rings (SSSR count). The fourth-order valence-electron chi connectivity index (χ4n) is 2.80. The van der Waals surface area contributed by atoms with Gasteiger partial charge in [-0.25, -0.2) is 4.39 Å². The summed E-state index contributed by atoms with van der Waals surface area (Å²) >= 11 is 0. The average Bonchev–Trinajstić information content (AvgIpc) is 2.49. The van der Waals surface area contributed by atoms with Crippen molar-refractivity contribution >= 4 is 5.91 Å². The maximum Gasteiger partial charge on any atom is 0.239 e. The number of nitrogens with zero attached hydrogens (tertiary/aromatic N) is 1. The van der Waals surface area contributed by atoms with Gasteiger partial charge in [0.1, 0.15) is 11.6 Å². The van der Waals surface area contributed by atoms with Gasteiger partial charge in [0, 0.05) is 24.7 Å². The second-order valence-electron chi connectivity index (χ2n) is 5.70. The summed E-state index contributed by atoms with van der Waals surface area (Å²) in [6, 6.07) is 3.18. The summed E-state index contributed by atoms with van der Waals surface area (Å²) in [5.41, 5.74) is 0.466. The number of halogens is 1. The zero-order chi connectivity index (χ0) is 15.4. The molecule has 0 spiro atoms. The van der Waals surface area contributed by atoms with Gasteiger partial charge in [0.2, 0.25) is 5.91 Å². The van der Waals surface area contributed by atoms with Crippen molar-refractivity contribution in [3.05, 3.63) is 29.6 Å². The topological polar surface area (TPSA) is 52.6 Å². The van der Waals surface area contributed by atoms with Gasteiger partial charge in [0.25, 0.3) is 0 Å². The molecule has 1 aliphatic rings. The smallest absolute Gasteiger partial charge is 0.239 e. The predicted molar refractivity (Wildman–Crippen MR) is 79.5 cm³/mol. The largest absolute Gasteiger partial charge is 0.508 e. The number of phenols is 1. The molecule has 1 aromatic rings. The van der Waals surface area contributed by atoms with Gasteiger partial charge < -0.3 is 10.0 Å². The number of aromatic hydroxyl groups is 1. The van der Waals surface area contributed by atoms with E-state index in [1.807, 2.05) is 18.7 Å². The van der Waals surface area contributed by atoms with E-state index in [1.54, 1.807) is 0 Å². The molecule has 0 bridgehead atoms. The van der Waals surface area contributed by atoms with Crippen LogP contribution in [0, 0.1) is 5.82 Å². The van der Waals surface area contributed by atoms with Crippen LogP contribution in [0.3, 0.4) is 0 Å². The van der Waals surface area contributed by atoms with Gasteiger partial charge in [-0.05, 0) is 51.3 Å². The normalized spacial score (nSPS) is 18.3. The second kappa shape index (κ2) is 6.89. The van der Waals surface area contributed by atoms with Crippen LogP contribution in [0.5, 0.6) is 5.75 Å². The Morgan fingerprint density at radius 3 is 2.62 bits per heavy atom. The molecule has 2 N–H and O–H groups in total. The number of benzene rings is 1. The molecule has 21 heavy (non-hydrogen) atoms. The average molecular weight is 294 g/mol. The Labute approximate surface area is 125 Å². The summed E-state index contributed by atoms with van der Waals surface area (Å²) in [6.45, 7) is 5.24. The molecule has 0 aromatic heterocycles. The number of likely N-dealkylation sites (tertiary alicyclic amines) is 1. The van der Waals surface area contributed by atoms with Crippen LogP contribution in [0.15, 0.2) is 18.2 Å². The lowest BCUT2D eigenvalue weighted by molar-refractivity contribution is -0.134. The lowest BCUT2D eigenvalue weighted by Crippen LogP contribution is -2.47. The first kappa shape index (κ1) is 15.8. The highest BCUT2D eigenvalue weighted by molar-refractivity contribution is 5.81. The summed E-state index contributed by atoms with van der Waals surface area (Å²) in [4.78, 5) is 14.2. The van der Waals surface area contributed by atoms with E-state index in [-0.39, 0.29) is 23.7 Å². The van der Waals surface area contributed by atoms with E-state index in [4.69, 9.17) is 0 Å². The number of carbonyl (C=O) groups excluding carboxylic acids is 1. The van der Waals surface area contributed by atoms with Crippen molar-refractivity contribution in [3.63, 3.8) is 0 Å². The Morgan fingerprint density at radius 1 is 1.29 bits per heavy atom. The third-order valence-corrected chi connectivity index (χ3v) is 3.99. The summed E-state index contributed by atoms with van der Waals surface area (Å²) in [7, 11) is 0. The van der Waals surface area contributed by atoms with Crippen LogP contribution in [0.2, 0.25) is 0 Å². The molecule has 4 nitrogen and oxygen atoms in total. The van der Waals surface area contributed by atoms with E-state index in [2.05, 4.69) is 5.32 Å². The highest BCUT2D eigenvalue weighted by Gasteiger charge is 2.24. The number of phenolic OH excluding ortho intramolecular Hbond substituents is 1. The van der Waals surface area contributed by atoms with E-state index < -0.39 is 5.82 Å². The molecule has 1 saturated heterocycles. The molecular formula is C16H23FN2O2. The van der Waals surface area contributed by atoms with Crippen LogP contribution in [0.1, 0.15) is 44.7 Å². The van der Waals surface area contributed by atoms with Crippen LogP contribution in [-0.4, -0.2) is 35.0 Å². The standard InChI is InChI=1S/C16H23FN2O2/c1-11(14-10-13(17)6-7-15(14)20)18-12(2)16(21)19-8-4-3-5-9-19/h6-7,10-12,18,20H,3-5,8-9H2,1-2H3. The van der Waals surface area contributed by atoms with E-state index in [9.17, 15) is 14.3 Å². The Hall–Kier alpha value is -1.62. The van der Waals surface area contributed by atoms with Crippen LogP contribution in [0.25, 0.3) is 0 Å². The van der Waals surface area contributed by atoms with Crippen LogP contribution < -0.4 is 5.32 Å². The molecule has 2 atom stereocenters. The van der Waals surface area contributed by atoms with Gasteiger partial charge >= 0.3 is 0 Å². The van der Waals surface area contributed by atoms with Crippen LogP contribution in [0.4, 0.5) is 4.39 Å². The second-order valence-corrected chi connectivity index (χ2v) is 5.70. The van der Waals surface area contributed by atoms with Crippen LogP contribution >= 0.6 is 0 Å². The number of amides is 1. The van der Waals surface area contributed by atoms with Crippen molar-refractivity contribution in [1.82, 2.24) is 10.2 Å². The molecule has 0 saturated carbocycles. The molecule has 1 aliphatic heterocycles. The molecule has 116 valence electrons. The fourth-order valence-corrected chi connectivity index (χ4v) is 2.80. The number of rotatable bonds is 4. The minimum Gasteiger partial charge on any atom is -0.508 e. The minimum absolute atomic E-state index is 0.0361. The van der Waals surface area contributed by atoms with Gasteiger partial charge in [-0.15, -0.1) is 0 Å². The number of hydrogen-bond acceptors (Lipinski definition) is 3.